The molecule has 1 aliphatic heterocycles. The molecule has 4 rings (SSSR count). The molecule has 0 atom stereocenters. The van der Waals surface area contributed by atoms with E-state index >= 15 is 0 Å². The number of nitrogens with zero attached hydrogens (tertiary/aromatic N) is 4. The number of likely N-dealkylation sites (tertiary alicyclic amines) is 1. The van der Waals surface area contributed by atoms with Gasteiger partial charge in [0.15, 0.2) is 11.6 Å². The van der Waals surface area contributed by atoms with Gasteiger partial charge in [0.25, 0.3) is 0 Å². The monoisotopic (exact) mass is 438 g/mol. The highest BCUT2D eigenvalue weighted by atomic mass is 16.5. The maximum Gasteiger partial charge on any atom is 0.320 e. The van der Waals surface area contributed by atoms with E-state index in [4.69, 9.17) is 9.72 Å². The Labute approximate surface area is 190 Å². The molecule has 2 aromatic rings. The molecule has 32 heavy (non-hydrogen) atoms. The zero-order valence-corrected chi connectivity index (χ0v) is 19.1. The predicted octanol–water partition coefficient (Wildman–Crippen LogP) is 3.15. The largest absolute Gasteiger partial charge is 0.463 e. The van der Waals surface area contributed by atoms with E-state index < -0.39 is 0 Å². The Balaban J connectivity index is 1.58. The van der Waals surface area contributed by atoms with Crippen LogP contribution in [-0.2, 0) is 17.9 Å². The van der Waals surface area contributed by atoms with Crippen LogP contribution in [-0.4, -0.2) is 61.5 Å². The third-order valence-corrected chi connectivity index (χ3v) is 6.07. The molecule has 0 radical (unpaired) electrons. The molecule has 2 heterocycles. The quantitative estimate of drug-likeness (QED) is 0.489. The van der Waals surface area contributed by atoms with Crippen molar-refractivity contribution in [3.8, 4) is 6.01 Å². The van der Waals surface area contributed by atoms with Gasteiger partial charge in [-0.25, -0.2) is 0 Å². The Bertz CT molecular complexity index is 911. The highest BCUT2D eigenvalue weighted by Gasteiger charge is 2.24. The number of hydrogen-bond acceptors (Lipinski definition) is 8. The van der Waals surface area contributed by atoms with Gasteiger partial charge in [0.2, 0.25) is 0 Å². The maximum absolute atomic E-state index is 11.6. The van der Waals surface area contributed by atoms with Crippen LogP contribution in [0, 0.1) is 5.92 Å². The normalized spacial score (nSPS) is 16.1. The van der Waals surface area contributed by atoms with Gasteiger partial charge in [-0.3, -0.25) is 4.90 Å². The van der Waals surface area contributed by atoms with Gasteiger partial charge in [0, 0.05) is 27.2 Å². The van der Waals surface area contributed by atoms with E-state index in [-0.39, 0.29) is 6.54 Å². The number of hydrogen-bond donors (Lipinski definition) is 2. The fourth-order valence-electron chi connectivity index (χ4n) is 4.17. The number of aldehydes is 1. The lowest BCUT2D eigenvalue weighted by molar-refractivity contribution is -0.106. The molecule has 1 aliphatic carbocycles. The minimum absolute atomic E-state index is 0.229. The van der Waals surface area contributed by atoms with E-state index in [2.05, 4.69) is 44.8 Å². The average Bonchev–Trinajstić information content (AvgIpc) is 3.51. The first-order chi connectivity index (χ1) is 15.7. The molecule has 8 heteroatoms. The Hall–Kier alpha value is -2.87. The highest BCUT2D eigenvalue weighted by Crippen LogP contribution is 2.34. The van der Waals surface area contributed by atoms with Gasteiger partial charge in [-0.2, -0.15) is 9.97 Å². The molecular formula is C24H34N6O2. The summed E-state index contributed by atoms with van der Waals surface area (Å²) in [5.74, 6) is 1.92. The van der Waals surface area contributed by atoms with Crippen molar-refractivity contribution in [1.29, 1.82) is 0 Å². The van der Waals surface area contributed by atoms with Crippen LogP contribution in [0.1, 0.15) is 36.8 Å². The SMILES string of the molecule is CNc1nc(OCC2CC2)nc(N(CC=O)Cc2cccc(CN3CCCC3)c2)c1NC. The molecule has 1 aromatic carbocycles. The fourth-order valence-corrected chi connectivity index (χ4v) is 4.17. The summed E-state index contributed by atoms with van der Waals surface area (Å²) in [5.41, 5.74) is 3.20. The van der Waals surface area contributed by atoms with Crippen LogP contribution in [0.25, 0.3) is 0 Å². The molecule has 8 nitrogen and oxygen atoms in total. The lowest BCUT2D eigenvalue weighted by atomic mass is 10.1. The van der Waals surface area contributed by atoms with Crippen LogP contribution < -0.4 is 20.3 Å². The van der Waals surface area contributed by atoms with Gasteiger partial charge in [0.1, 0.15) is 12.0 Å². The standard InChI is InChI=1S/C24H34N6O2/c1-25-21-22(26-2)27-24(32-17-18-8-9-18)28-23(21)30(12-13-31)16-20-7-5-6-19(14-20)15-29-10-3-4-11-29/h5-7,13-14,18,25H,3-4,8-12,15-17H2,1-2H3,(H,26,27,28). The molecule has 1 aromatic heterocycles. The zero-order chi connectivity index (χ0) is 22.3. The number of carbonyl (C=O) groups excluding carboxylic acids is 1. The summed E-state index contributed by atoms with van der Waals surface area (Å²) in [6.07, 6.45) is 5.88. The summed E-state index contributed by atoms with van der Waals surface area (Å²) in [6.45, 7) is 4.75. The average molecular weight is 439 g/mol. The van der Waals surface area contributed by atoms with Crippen molar-refractivity contribution in [2.24, 2.45) is 5.92 Å². The molecule has 0 spiro atoms. The molecule has 1 saturated heterocycles. The first-order valence-electron chi connectivity index (χ1n) is 11.6. The lowest BCUT2D eigenvalue weighted by Crippen LogP contribution is -2.27. The Morgan fingerprint density at radius 3 is 2.62 bits per heavy atom. The van der Waals surface area contributed by atoms with Crippen molar-refractivity contribution in [2.45, 2.75) is 38.8 Å². The molecular weight excluding hydrogens is 404 g/mol. The van der Waals surface area contributed by atoms with Gasteiger partial charge >= 0.3 is 6.01 Å². The van der Waals surface area contributed by atoms with Gasteiger partial charge < -0.3 is 25.1 Å². The molecule has 1 saturated carbocycles. The maximum atomic E-state index is 11.6. The van der Waals surface area contributed by atoms with Crippen LogP contribution in [0.15, 0.2) is 24.3 Å². The third-order valence-electron chi connectivity index (χ3n) is 6.07. The number of ether oxygens (including phenoxy) is 1. The van der Waals surface area contributed by atoms with Gasteiger partial charge in [0.05, 0.1) is 13.2 Å². The number of benzene rings is 1. The minimum Gasteiger partial charge on any atom is -0.463 e. The number of aromatic nitrogens is 2. The van der Waals surface area contributed by atoms with Crippen molar-refractivity contribution >= 4 is 23.6 Å². The molecule has 0 bridgehead atoms. The third kappa shape index (κ3) is 5.68. The Morgan fingerprint density at radius 2 is 1.94 bits per heavy atom. The van der Waals surface area contributed by atoms with Crippen molar-refractivity contribution in [3.05, 3.63) is 35.4 Å². The molecule has 172 valence electrons. The van der Waals surface area contributed by atoms with Crippen LogP contribution >= 0.6 is 0 Å². The number of nitrogens with one attached hydrogen (secondary N) is 2. The highest BCUT2D eigenvalue weighted by molar-refractivity contribution is 5.79. The minimum atomic E-state index is 0.229. The van der Waals surface area contributed by atoms with E-state index in [9.17, 15) is 4.79 Å². The summed E-state index contributed by atoms with van der Waals surface area (Å²) < 4.78 is 5.87. The van der Waals surface area contributed by atoms with E-state index in [0.717, 1.165) is 24.1 Å². The topological polar surface area (TPSA) is 82.6 Å². The van der Waals surface area contributed by atoms with Crippen molar-refractivity contribution in [1.82, 2.24) is 14.9 Å². The summed E-state index contributed by atoms with van der Waals surface area (Å²) in [5, 5.41) is 6.32. The van der Waals surface area contributed by atoms with E-state index in [1.807, 2.05) is 19.0 Å². The van der Waals surface area contributed by atoms with Crippen molar-refractivity contribution < 1.29 is 9.53 Å². The van der Waals surface area contributed by atoms with E-state index in [1.165, 1.54) is 44.3 Å². The predicted molar refractivity (Wildman–Crippen MR) is 127 cm³/mol. The molecule has 0 unspecified atom stereocenters. The lowest BCUT2D eigenvalue weighted by Gasteiger charge is -2.25. The smallest absolute Gasteiger partial charge is 0.320 e. The Morgan fingerprint density at radius 1 is 1.16 bits per heavy atom. The van der Waals surface area contributed by atoms with Crippen molar-refractivity contribution in [2.75, 3.05) is 55.9 Å². The van der Waals surface area contributed by atoms with Crippen LogP contribution in [0.2, 0.25) is 0 Å². The first-order valence-corrected chi connectivity index (χ1v) is 11.6. The molecule has 0 amide bonds. The summed E-state index contributed by atoms with van der Waals surface area (Å²) in [4.78, 5) is 25.3. The van der Waals surface area contributed by atoms with Crippen LogP contribution in [0.3, 0.4) is 0 Å². The van der Waals surface area contributed by atoms with Gasteiger partial charge in [-0.1, -0.05) is 24.3 Å². The summed E-state index contributed by atoms with van der Waals surface area (Å²) in [7, 11) is 3.66. The van der Waals surface area contributed by atoms with Crippen molar-refractivity contribution in [3.63, 3.8) is 0 Å². The first kappa shape index (κ1) is 22.3. The molecule has 2 aliphatic rings. The summed E-state index contributed by atoms with van der Waals surface area (Å²) >= 11 is 0. The number of rotatable bonds is 12. The number of carbonyl (C=O) groups is 1. The summed E-state index contributed by atoms with van der Waals surface area (Å²) in [6, 6.07) is 8.96. The second-order valence-electron chi connectivity index (χ2n) is 8.66. The fraction of sp³-hybridized carbons (Fsp3) is 0.542. The second kappa shape index (κ2) is 10.6. The van der Waals surface area contributed by atoms with Crippen LogP contribution in [0.5, 0.6) is 6.01 Å². The van der Waals surface area contributed by atoms with Crippen LogP contribution in [0.4, 0.5) is 17.3 Å². The molecule has 2 fully saturated rings. The number of anilines is 3. The van der Waals surface area contributed by atoms with Gasteiger partial charge in [-0.15, -0.1) is 0 Å². The van der Waals surface area contributed by atoms with E-state index in [1.54, 1.807) is 0 Å². The van der Waals surface area contributed by atoms with E-state index in [0.29, 0.717) is 36.7 Å². The second-order valence-corrected chi connectivity index (χ2v) is 8.66. The zero-order valence-electron chi connectivity index (χ0n) is 19.1. The van der Waals surface area contributed by atoms with Gasteiger partial charge in [-0.05, 0) is 55.8 Å². The molecule has 2 N–H and O–H groups in total. The Kier molecular flexibility index (Phi) is 7.42.